The van der Waals surface area contributed by atoms with Crippen molar-refractivity contribution in [2.45, 2.75) is 26.4 Å². The summed E-state index contributed by atoms with van der Waals surface area (Å²) in [5.41, 5.74) is 0.0642. The molecule has 1 aromatic carbocycles. The molecule has 0 atom stereocenters. The topological polar surface area (TPSA) is 26.3 Å². The van der Waals surface area contributed by atoms with E-state index in [1.165, 1.54) is 6.07 Å². The molecule has 3 heteroatoms. The first-order valence-electron chi connectivity index (χ1n) is 4.98. The number of ether oxygens (including phenoxy) is 1. The van der Waals surface area contributed by atoms with E-state index in [1.54, 1.807) is 39.0 Å². The van der Waals surface area contributed by atoms with E-state index < -0.39 is 17.4 Å². The second kappa shape index (κ2) is 4.47. The lowest BCUT2D eigenvalue weighted by Crippen LogP contribution is -2.23. The summed E-state index contributed by atoms with van der Waals surface area (Å²) in [6, 6.07) is 6.16. The van der Waals surface area contributed by atoms with E-state index in [1.807, 2.05) is 0 Å². The molecule has 0 saturated heterocycles. The van der Waals surface area contributed by atoms with Gasteiger partial charge in [-0.3, -0.25) is 0 Å². The molecule has 16 heavy (non-hydrogen) atoms. The fourth-order valence-electron chi connectivity index (χ4n) is 1.15. The lowest BCUT2D eigenvalue weighted by Gasteiger charge is -2.19. The Labute approximate surface area is 94.7 Å². The number of hydrogen-bond donors (Lipinski definition) is 0. The molecule has 1 rings (SSSR count). The largest absolute Gasteiger partial charge is 0.456 e. The normalized spacial score (nSPS) is 11.0. The first-order chi connectivity index (χ1) is 7.29. The van der Waals surface area contributed by atoms with Gasteiger partial charge in [0.15, 0.2) is 0 Å². The van der Waals surface area contributed by atoms with Crippen LogP contribution < -0.4 is 0 Å². The minimum Gasteiger partial charge on any atom is -0.456 e. The van der Waals surface area contributed by atoms with Crippen LogP contribution in [-0.2, 0) is 4.74 Å². The highest BCUT2D eigenvalue weighted by Gasteiger charge is 2.18. The summed E-state index contributed by atoms with van der Waals surface area (Å²) in [6.07, 6.45) is 0. The lowest BCUT2D eigenvalue weighted by molar-refractivity contribution is 0.00695. The molecule has 0 aromatic heterocycles. The Morgan fingerprint density at radius 2 is 1.88 bits per heavy atom. The third-order valence-corrected chi connectivity index (χ3v) is 1.81. The highest BCUT2D eigenvalue weighted by molar-refractivity contribution is 5.90. The number of hydrogen-bond acceptors (Lipinski definition) is 2. The highest BCUT2D eigenvalue weighted by Crippen LogP contribution is 2.17. The molecule has 86 valence electrons. The van der Waals surface area contributed by atoms with Crippen molar-refractivity contribution in [3.63, 3.8) is 0 Å². The zero-order valence-corrected chi connectivity index (χ0v) is 9.71. The van der Waals surface area contributed by atoms with Crippen molar-refractivity contribution in [2.75, 3.05) is 0 Å². The summed E-state index contributed by atoms with van der Waals surface area (Å²) in [6.45, 7) is 8.52. The van der Waals surface area contributed by atoms with Crippen LogP contribution in [0.1, 0.15) is 36.7 Å². The third kappa shape index (κ3) is 3.50. The molecule has 0 aliphatic heterocycles. The second-order valence-electron chi connectivity index (χ2n) is 4.49. The molecule has 0 heterocycles. The lowest BCUT2D eigenvalue weighted by atomic mass is 10.1. The Morgan fingerprint density at radius 3 is 2.38 bits per heavy atom. The van der Waals surface area contributed by atoms with Gasteiger partial charge in [-0.15, -0.1) is 0 Å². The molecule has 0 aliphatic rings. The van der Waals surface area contributed by atoms with Crippen LogP contribution in [0.5, 0.6) is 0 Å². The van der Waals surface area contributed by atoms with E-state index in [0.29, 0.717) is 11.1 Å². The van der Waals surface area contributed by atoms with Gasteiger partial charge < -0.3 is 4.74 Å². The van der Waals surface area contributed by atoms with E-state index >= 15 is 0 Å². The average Bonchev–Trinajstić information content (AvgIpc) is 2.15. The van der Waals surface area contributed by atoms with Gasteiger partial charge in [-0.25, -0.2) is 9.18 Å². The number of carbonyl (C=O) groups is 1. The fraction of sp³-hybridized carbons (Fsp3) is 0.308. The Kier molecular flexibility index (Phi) is 3.48. The molecular weight excluding hydrogens is 207 g/mol. The maximum absolute atomic E-state index is 12.9. The predicted octanol–water partition coefficient (Wildman–Crippen LogP) is 3.58. The molecular formula is C13H15FO2. The number of halogens is 1. The molecule has 0 unspecified atom stereocenters. The van der Waals surface area contributed by atoms with E-state index in [-0.39, 0.29) is 0 Å². The van der Waals surface area contributed by atoms with Gasteiger partial charge in [0.25, 0.3) is 0 Å². The quantitative estimate of drug-likeness (QED) is 0.715. The molecule has 0 N–H and O–H groups in total. The van der Waals surface area contributed by atoms with Crippen LogP contribution in [0.3, 0.4) is 0 Å². The van der Waals surface area contributed by atoms with Gasteiger partial charge in [-0.05, 0) is 32.9 Å². The Hall–Kier alpha value is -1.64. The number of rotatable bonds is 2. The van der Waals surface area contributed by atoms with E-state index in [9.17, 15) is 9.18 Å². The van der Waals surface area contributed by atoms with Crippen molar-refractivity contribution < 1.29 is 13.9 Å². The Balaban J connectivity index is 2.92. The summed E-state index contributed by atoms with van der Waals surface area (Å²) >= 11 is 0. The predicted molar refractivity (Wildman–Crippen MR) is 61.8 cm³/mol. The molecule has 2 nitrogen and oxygen atoms in total. The SMILES string of the molecule is C=C(F)c1cccc(C(=O)OC(C)(C)C)c1. The minimum atomic E-state index is -0.564. The number of esters is 1. The van der Waals surface area contributed by atoms with Crippen molar-refractivity contribution in [1.82, 2.24) is 0 Å². The average molecular weight is 222 g/mol. The molecule has 0 aliphatic carbocycles. The fourth-order valence-corrected chi connectivity index (χ4v) is 1.15. The van der Waals surface area contributed by atoms with E-state index in [2.05, 4.69) is 6.58 Å². The number of benzene rings is 1. The van der Waals surface area contributed by atoms with E-state index in [4.69, 9.17) is 4.74 Å². The summed E-state index contributed by atoms with van der Waals surface area (Å²) in [5.74, 6) is -1.03. The van der Waals surface area contributed by atoms with Gasteiger partial charge in [0.1, 0.15) is 11.4 Å². The zero-order valence-electron chi connectivity index (χ0n) is 9.71. The molecule has 0 radical (unpaired) electrons. The van der Waals surface area contributed by atoms with Crippen LogP contribution >= 0.6 is 0 Å². The zero-order chi connectivity index (χ0) is 12.3. The second-order valence-corrected chi connectivity index (χ2v) is 4.49. The van der Waals surface area contributed by atoms with Crippen LogP contribution in [0.2, 0.25) is 0 Å². The van der Waals surface area contributed by atoms with Crippen LogP contribution in [0, 0.1) is 0 Å². The van der Waals surface area contributed by atoms with Gasteiger partial charge in [-0.2, -0.15) is 0 Å². The molecule has 0 bridgehead atoms. The molecule has 0 saturated carbocycles. The van der Waals surface area contributed by atoms with E-state index in [0.717, 1.165) is 0 Å². The molecule has 0 fully saturated rings. The molecule has 1 aromatic rings. The van der Waals surface area contributed by atoms with Crippen molar-refractivity contribution in [3.8, 4) is 0 Å². The third-order valence-electron chi connectivity index (χ3n) is 1.81. The first-order valence-corrected chi connectivity index (χ1v) is 4.98. The Morgan fingerprint density at radius 1 is 1.31 bits per heavy atom. The van der Waals surface area contributed by atoms with Crippen LogP contribution in [0.25, 0.3) is 5.83 Å². The maximum Gasteiger partial charge on any atom is 0.338 e. The summed E-state index contributed by atoms with van der Waals surface area (Å²) in [5, 5.41) is 0. The molecule has 0 amide bonds. The minimum absolute atomic E-state index is 0.295. The summed E-state index contributed by atoms with van der Waals surface area (Å²) in [4.78, 5) is 11.7. The van der Waals surface area contributed by atoms with Gasteiger partial charge >= 0.3 is 5.97 Å². The summed E-state index contributed by atoms with van der Waals surface area (Å²) in [7, 11) is 0. The van der Waals surface area contributed by atoms with Crippen molar-refractivity contribution in [3.05, 3.63) is 42.0 Å². The smallest absolute Gasteiger partial charge is 0.338 e. The van der Waals surface area contributed by atoms with Crippen LogP contribution in [0.15, 0.2) is 30.8 Å². The highest BCUT2D eigenvalue weighted by atomic mass is 19.1. The standard InChI is InChI=1S/C13H15FO2/c1-9(14)10-6-5-7-11(8-10)12(15)16-13(2,3)4/h5-8H,1H2,2-4H3. The van der Waals surface area contributed by atoms with Gasteiger partial charge in [-0.1, -0.05) is 18.7 Å². The first kappa shape index (κ1) is 12.4. The van der Waals surface area contributed by atoms with Crippen molar-refractivity contribution in [1.29, 1.82) is 0 Å². The monoisotopic (exact) mass is 222 g/mol. The maximum atomic E-state index is 12.9. The number of carbonyl (C=O) groups excluding carboxylic acids is 1. The Bertz CT molecular complexity index is 416. The van der Waals surface area contributed by atoms with Gasteiger partial charge in [0.05, 0.1) is 5.56 Å². The van der Waals surface area contributed by atoms with Gasteiger partial charge in [0.2, 0.25) is 0 Å². The van der Waals surface area contributed by atoms with Crippen molar-refractivity contribution >= 4 is 11.8 Å². The van der Waals surface area contributed by atoms with Crippen molar-refractivity contribution in [2.24, 2.45) is 0 Å². The van der Waals surface area contributed by atoms with Crippen LogP contribution in [0.4, 0.5) is 4.39 Å². The van der Waals surface area contributed by atoms with Crippen LogP contribution in [-0.4, -0.2) is 11.6 Å². The summed E-state index contributed by atoms with van der Waals surface area (Å²) < 4.78 is 18.0. The van der Waals surface area contributed by atoms with Gasteiger partial charge in [0, 0.05) is 5.56 Å². The molecule has 0 spiro atoms.